The summed E-state index contributed by atoms with van der Waals surface area (Å²) >= 11 is 3.47. The maximum Gasteiger partial charge on any atom is 0.120 e. The highest BCUT2D eigenvalue weighted by molar-refractivity contribution is 9.10. The van der Waals surface area contributed by atoms with Crippen molar-refractivity contribution in [2.24, 2.45) is 0 Å². The minimum atomic E-state index is -0.762. The molecular formula is C19H21BrFN3O. The molecule has 132 valence electrons. The van der Waals surface area contributed by atoms with Gasteiger partial charge < -0.3 is 9.64 Å². The number of benzene rings is 1. The van der Waals surface area contributed by atoms with Crippen LogP contribution < -0.4 is 9.64 Å². The smallest absolute Gasteiger partial charge is 0.120 e. The number of methoxy groups -OCH3 is 1. The molecule has 0 radical (unpaired) electrons. The standard InChI is InChI=1S/C19H21BrFN3O/c1-25-16-4-2-13(3-5-16)9-23-11-15-8-14(21)10-24(15)18-6-7-19(20)22-17(18)12-23/h2-7,14-15H,8-12H2,1H3/t14-,15?/m0/s1. The van der Waals surface area contributed by atoms with Gasteiger partial charge in [-0.25, -0.2) is 9.37 Å². The maximum atomic E-state index is 14.1. The molecule has 0 aliphatic carbocycles. The third kappa shape index (κ3) is 3.51. The first-order chi connectivity index (χ1) is 12.1. The minimum absolute atomic E-state index is 0.206. The minimum Gasteiger partial charge on any atom is -0.497 e. The summed E-state index contributed by atoms with van der Waals surface area (Å²) in [5, 5.41) is 0. The molecule has 1 aromatic heterocycles. The van der Waals surface area contributed by atoms with Crippen LogP contribution in [-0.2, 0) is 13.1 Å². The van der Waals surface area contributed by atoms with E-state index in [0.717, 1.165) is 41.4 Å². The van der Waals surface area contributed by atoms with Crippen LogP contribution in [0.25, 0.3) is 0 Å². The van der Waals surface area contributed by atoms with Crippen LogP contribution >= 0.6 is 15.9 Å². The molecule has 2 atom stereocenters. The largest absolute Gasteiger partial charge is 0.497 e. The van der Waals surface area contributed by atoms with Gasteiger partial charge in [0.2, 0.25) is 0 Å². The van der Waals surface area contributed by atoms with E-state index in [2.05, 4.69) is 48.9 Å². The number of anilines is 1. The van der Waals surface area contributed by atoms with E-state index in [1.165, 1.54) is 5.56 Å². The van der Waals surface area contributed by atoms with Gasteiger partial charge in [0.05, 0.1) is 18.5 Å². The van der Waals surface area contributed by atoms with Gasteiger partial charge in [0, 0.05) is 38.6 Å². The number of halogens is 2. The summed E-state index contributed by atoms with van der Waals surface area (Å²) in [6.07, 6.45) is -0.170. The van der Waals surface area contributed by atoms with Gasteiger partial charge in [-0.1, -0.05) is 12.1 Å². The van der Waals surface area contributed by atoms with Crippen molar-refractivity contribution >= 4 is 21.6 Å². The average Bonchev–Trinajstić information content (AvgIpc) is 2.89. The van der Waals surface area contributed by atoms with E-state index in [9.17, 15) is 4.39 Å². The summed E-state index contributed by atoms with van der Waals surface area (Å²) in [4.78, 5) is 9.24. The Bertz CT molecular complexity index is 755. The predicted molar refractivity (Wildman–Crippen MR) is 99.7 cm³/mol. The zero-order valence-corrected chi connectivity index (χ0v) is 15.7. The normalized spacial score (nSPS) is 23.1. The molecule has 2 aliphatic rings. The van der Waals surface area contributed by atoms with Crippen molar-refractivity contribution in [2.45, 2.75) is 31.7 Å². The lowest BCUT2D eigenvalue weighted by Crippen LogP contribution is -2.37. The first kappa shape index (κ1) is 16.8. The van der Waals surface area contributed by atoms with E-state index < -0.39 is 6.17 Å². The molecule has 2 aromatic rings. The first-order valence-electron chi connectivity index (χ1n) is 8.54. The molecule has 3 heterocycles. The van der Waals surface area contributed by atoms with E-state index in [0.29, 0.717) is 13.0 Å². The molecule has 4 rings (SSSR count). The molecule has 4 nitrogen and oxygen atoms in total. The number of hydrogen-bond donors (Lipinski definition) is 0. The van der Waals surface area contributed by atoms with Gasteiger partial charge >= 0.3 is 0 Å². The Labute approximate surface area is 155 Å². The van der Waals surface area contributed by atoms with Crippen molar-refractivity contribution < 1.29 is 9.13 Å². The lowest BCUT2D eigenvalue weighted by molar-refractivity contribution is 0.238. The highest BCUT2D eigenvalue weighted by Crippen LogP contribution is 2.34. The van der Waals surface area contributed by atoms with Gasteiger partial charge in [0.25, 0.3) is 0 Å². The summed E-state index contributed by atoms with van der Waals surface area (Å²) < 4.78 is 20.1. The molecule has 0 saturated carbocycles. The van der Waals surface area contributed by atoms with E-state index in [4.69, 9.17) is 4.74 Å². The molecule has 2 aliphatic heterocycles. The summed E-state index contributed by atoms with van der Waals surface area (Å²) in [7, 11) is 1.67. The molecule has 0 spiro atoms. The van der Waals surface area contributed by atoms with Crippen molar-refractivity contribution in [3.8, 4) is 5.75 Å². The maximum absolute atomic E-state index is 14.1. The van der Waals surface area contributed by atoms with Crippen molar-refractivity contribution in [3.63, 3.8) is 0 Å². The van der Waals surface area contributed by atoms with E-state index >= 15 is 0 Å². The fraction of sp³-hybridized carbons (Fsp3) is 0.421. The molecule has 0 N–H and O–H groups in total. The Hall–Kier alpha value is -1.66. The van der Waals surface area contributed by atoms with Crippen molar-refractivity contribution in [1.29, 1.82) is 0 Å². The fourth-order valence-electron chi connectivity index (χ4n) is 3.86. The molecular weight excluding hydrogens is 385 g/mol. The van der Waals surface area contributed by atoms with Crippen LogP contribution in [0, 0.1) is 0 Å². The van der Waals surface area contributed by atoms with Gasteiger partial charge in [-0.3, -0.25) is 4.90 Å². The Balaban J connectivity index is 1.61. The molecule has 0 amide bonds. The van der Waals surface area contributed by atoms with Crippen molar-refractivity contribution in [2.75, 3.05) is 25.1 Å². The van der Waals surface area contributed by atoms with Crippen LogP contribution in [0.5, 0.6) is 5.75 Å². The Morgan fingerprint density at radius 1 is 1.20 bits per heavy atom. The second-order valence-corrected chi connectivity index (χ2v) is 7.57. The highest BCUT2D eigenvalue weighted by Gasteiger charge is 2.37. The van der Waals surface area contributed by atoms with Gasteiger partial charge in [0.15, 0.2) is 0 Å². The summed E-state index contributed by atoms with van der Waals surface area (Å²) in [6, 6.07) is 12.4. The molecule has 1 aromatic carbocycles. The van der Waals surface area contributed by atoms with Crippen LogP contribution in [0.3, 0.4) is 0 Å². The van der Waals surface area contributed by atoms with Gasteiger partial charge in [-0.2, -0.15) is 0 Å². The third-order valence-corrected chi connectivity index (χ3v) is 5.44. The van der Waals surface area contributed by atoms with Crippen LogP contribution in [0.4, 0.5) is 10.1 Å². The summed E-state index contributed by atoms with van der Waals surface area (Å²) in [5.74, 6) is 0.859. The van der Waals surface area contributed by atoms with Crippen LogP contribution in [0.15, 0.2) is 41.0 Å². The third-order valence-electron chi connectivity index (χ3n) is 5.00. The average molecular weight is 406 g/mol. The van der Waals surface area contributed by atoms with Gasteiger partial charge in [-0.15, -0.1) is 0 Å². The zero-order chi connectivity index (χ0) is 17.4. The van der Waals surface area contributed by atoms with Gasteiger partial charge in [-0.05, 0) is 45.8 Å². The first-order valence-corrected chi connectivity index (χ1v) is 9.33. The SMILES string of the molecule is COc1ccc(CN2Cc3nc(Br)ccc3N3C[C@@H](F)CC3C2)cc1. The number of nitrogens with zero attached hydrogens (tertiary/aromatic N) is 3. The molecule has 0 bridgehead atoms. The lowest BCUT2D eigenvalue weighted by Gasteiger charge is -2.27. The molecule has 1 fully saturated rings. The van der Waals surface area contributed by atoms with Crippen molar-refractivity contribution in [3.05, 3.63) is 52.3 Å². The number of aromatic nitrogens is 1. The monoisotopic (exact) mass is 405 g/mol. The molecule has 1 saturated heterocycles. The number of hydrogen-bond acceptors (Lipinski definition) is 4. The van der Waals surface area contributed by atoms with Gasteiger partial charge in [0.1, 0.15) is 16.5 Å². The predicted octanol–water partition coefficient (Wildman–Crippen LogP) is 3.79. The van der Waals surface area contributed by atoms with E-state index in [-0.39, 0.29) is 6.04 Å². The fourth-order valence-corrected chi connectivity index (χ4v) is 4.20. The second-order valence-electron chi connectivity index (χ2n) is 6.76. The Morgan fingerprint density at radius 3 is 2.76 bits per heavy atom. The van der Waals surface area contributed by atoms with E-state index in [1.807, 2.05) is 18.2 Å². The quantitative estimate of drug-likeness (QED) is 0.726. The van der Waals surface area contributed by atoms with E-state index in [1.54, 1.807) is 7.11 Å². The van der Waals surface area contributed by atoms with Crippen LogP contribution in [0.2, 0.25) is 0 Å². The highest BCUT2D eigenvalue weighted by atomic mass is 79.9. The summed E-state index contributed by atoms with van der Waals surface area (Å²) in [6.45, 7) is 2.90. The van der Waals surface area contributed by atoms with Crippen LogP contribution in [0.1, 0.15) is 17.7 Å². The molecule has 6 heteroatoms. The molecule has 1 unspecified atom stereocenters. The number of alkyl halides is 1. The number of ether oxygens (including phenoxy) is 1. The topological polar surface area (TPSA) is 28.6 Å². The Morgan fingerprint density at radius 2 is 2.00 bits per heavy atom. The molecule has 25 heavy (non-hydrogen) atoms. The zero-order valence-electron chi connectivity index (χ0n) is 14.2. The number of rotatable bonds is 3. The number of fused-ring (bicyclic) bond motifs is 3. The Kier molecular flexibility index (Phi) is 4.65. The summed E-state index contributed by atoms with van der Waals surface area (Å²) in [5.41, 5.74) is 3.31. The van der Waals surface area contributed by atoms with Crippen molar-refractivity contribution in [1.82, 2.24) is 9.88 Å². The second kappa shape index (κ2) is 6.92. The van der Waals surface area contributed by atoms with Crippen LogP contribution in [-0.4, -0.2) is 42.3 Å². The number of pyridine rings is 1. The lowest BCUT2D eigenvalue weighted by atomic mass is 10.1.